The van der Waals surface area contributed by atoms with Gasteiger partial charge in [0.25, 0.3) is 5.92 Å². The fraction of sp³-hybridized carbons (Fsp3) is 0.435. The molecular formula is C23H20F8N2O. The van der Waals surface area contributed by atoms with E-state index in [0.717, 1.165) is 24.3 Å². The molecule has 0 radical (unpaired) electrons. The molecular weight excluding hydrogens is 472 g/mol. The summed E-state index contributed by atoms with van der Waals surface area (Å²) >= 11 is 0. The fourth-order valence-electron chi connectivity index (χ4n) is 4.42. The Morgan fingerprint density at radius 2 is 1.38 bits per heavy atom. The van der Waals surface area contributed by atoms with Gasteiger partial charge in [-0.25, -0.2) is 8.78 Å². The van der Waals surface area contributed by atoms with E-state index in [2.05, 4.69) is 0 Å². The van der Waals surface area contributed by atoms with E-state index in [1.165, 1.54) is 11.0 Å². The van der Waals surface area contributed by atoms with Gasteiger partial charge in [0.15, 0.2) is 0 Å². The van der Waals surface area contributed by atoms with Crippen molar-refractivity contribution >= 4 is 11.6 Å². The van der Waals surface area contributed by atoms with Gasteiger partial charge in [0, 0.05) is 31.9 Å². The Morgan fingerprint density at radius 3 is 1.91 bits per heavy atom. The average molecular weight is 492 g/mol. The van der Waals surface area contributed by atoms with E-state index in [4.69, 9.17) is 0 Å². The van der Waals surface area contributed by atoms with Crippen LogP contribution in [0.25, 0.3) is 0 Å². The number of nitrogens with zero attached hydrogens (tertiary/aromatic N) is 2. The van der Waals surface area contributed by atoms with E-state index in [1.807, 2.05) is 0 Å². The molecule has 1 aliphatic carbocycles. The topological polar surface area (TPSA) is 23.6 Å². The minimum atomic E-state index is -4.60. The van der Waals surface area contributed by atoms with E-state index in [0.29, 0.717) is 23.4 Å². The standard InChI is InChI=1S/C23H20F8N2O/c1-13-2-5-16(23(29,30)31)12-17(13)32-8-10-33(11-9-32)20(34)19-18(21(19,24)25)14-3-6-15(7-4-14)22(26,27)28/h2-7,12,18-19H,8-11H2,1H3/t18-,19-/m0/s1. The lowest BCUT2D eigenvalue weighted by Crippen LogP contribution is -2.50. The van der Waals surface area contributed by atoms with Gasteiger partial charge in [-0.3, -0.25) is 4.79 Å². The number of amides is 1. The number of hydrogen-bond donors (Lipinski definition) is 0. The molecule has 11 heteroatoms. The van der Waals surface area contributed by atoms with Crippen LogP contribution in [0.1, 0.15) is 28.2 Å². The highest BCUT2D eigenvalue weighted by Crippen LogP contribution is 2.62. The van der Waals surface area contributed by atoms with Crippen LogP contribution in [0.2, 0.25) is 0 Å². The molecule has 1 aliphatic heterocycles. The summed E-state index contributed by atoms with van der Waals surface area (Å²) in [5, 5.41) is 0. The molecule has 2 aromatic rings. The fourth-order valence-corrected chi connectivity index (χ4v) is 4.42. The van der Waals surface area contributed by atoms with Crippen molar-refractivity contribution in [3.05, 3.63) is 64.7 Å². The van der Waals surface area contributed by atoms with E-state index in [1.54, 1.807) is 11.8 Å². The Bertz CT molecular complexity index is 1070. The summed E-state index contributed by atoms with van der Waals surface area (Å²) in [5.41, 5.74) is -0.840. The van der Waals surface area contributed by atoms with Crippen molar-refractivity contribution in [2.24, 2.45) is 5.92 Å². The van der Waals surface area contributed by atoms with E-state index >= 15 is 0 Å². The average Bonchev–Trinajstić information content (AvgIpc) is 3.34. The summed E-state index contributed by atoms with van der Waals surface area (Å²) in [6.07, 6.45) is -9.11. The van der Waals surface area contributed by atoms with Crippen LogP contribution in [0.5, 0.6) is 0 Å². The third kappa shape index (κ3) is 4.44. The monoisotopic (exact) mass is 492 g/mol. The molecule has 1 heterocycles. The summed E-state index contributed by atoms with van der Waals surface area (Å²) in [6.45, 7) is 2.07. The maximum absolute atomic E-state index is 14.5. The highest BCUT2D eigenvalue weighted by Gasteiger charge is 2.73. The highest BCUT2D eigenvalue weighted by molar-refractivity contribution is 5.85. The molecule has 0 bridgehead atoms. The van der Waals surface area contributed by atoms with Gasteiger partial charge in [-0.1, -0.05) is 18.2 Å². The molecule has 2 aliphatic rings. The molecule has 1 saturated heterocycles. The lowest BCUT2D eigenvalue weighted by Gasteiger charge is -2.37. The summed E-state index contributed by atoms with van der Waals surface area (Å²) in [4.78, 5) is 15.7. The SMILES string of the molecule is Cc1ccc(C(F)(F)F)cc1N1CCN(C(=O)[C@@H]2[C@H](c3ccc(C(F)(F)F)cc3)C2(F)F)CC1. The van der Waals surface area contributed by atoms with Crippen LogP contribution >= 0.6 is 0 Å². The van der Waals surface area contributed by atoms with Gasteiger partial charge in [-0.05, 0) is 42.3 Å². The zero-order valence-electron chi connectivity index (χ0n) is 17.9. The number of carbonyl (C=O) groups excluding carboxylic acids is 1. The molecule has 1 saturated carbocycles. The zero-order valence-corrected chi connectivity index (χ0v) is 17.9. The van der Waals surface area contributed by atoms with Crippen molar-refractivity contribution in [1.29, 1.82) is 0 Å². The number of piperazine rings is 1. The molecule has 2 fully saturated rings. The Labute approximate surface area is 189 Å². The Morgan fingerprint density at radius 1 is 0.853 bits per heavy atom. The van der Waals surface area contributed by atoms with Gasteiger partial charge in [0.1, 0.15) is 5.92 Å². The minimum Gasteiger partial charge on any atom is -0.368 e. The van der Waals surface area contributed by atoms with Crippen molar-refractivity contribution in [2.45, 2.75) is 31.1 Å². The van der Waals surface area contributed by atoms with Gasteiger partial charge in [0.2, 0.25) is 5.91 Å². The van der Waals surface area contributed by atoms with Crippen molar-refractivity contribution in [3.63, 3.8) is 0 Å². The largest absolute Gasteiger partial charge is 0.416 e. The third-order valence-corrected chi connectivity index (χ3v) is 6.39. The zero-order chi connectivity index (χ0) is 25.1. The number of rotatable bonds is 3. The molecule has 4 rings (SSSR count). The van der Waals surface area contributed by atoms with Crippen LogP contribution in [0.4, 0.5) is 40.8 Å². The molecule has 0 N–H and O–H groups in total. The second-order valence-electron chi connectivity index (χ2n) is 8.56. The smallest absolute Gasteiger partial charge is 0.368 e. The van der Waals surface area contributed by atoms with Crippen LogP contribution in [-0.2, 0) is 17.1 Å². The maximum Gasteiger partial charge on any atom is 0.416 e. The van der Waals surface area contributed by atoms with Crippen molar-refractivity contribution in [2.75, 3.05) is 31.1 Å². The predicted molar refractivity (Wildman–Crippen MR) is 108 cm³/mol. The Hall–Kier alpha value is -2.85. The van der Waals surface area contributed by atoms with Crippen LogP contribution in [0, 0.1) is 12.8 Å². The highest BCUT2D eigenvalue weighted by atomic mass is 19.4. The van der Waals surface area contributed by atoms with Crippen LogP contribution in [0.3, 0.4) is 0 Å². The lowest BCUT2D eigenvalue weighted by molar-refractivity contribution is -0.138. The summed E-state index contributed by atoms with van der Waals surface area (Å²) < 4.78 is 106. The number of benzene rings is 2. The van der Waals surface area contributed by atoms with Crippen molar-refractivity contribution in [1.82, 2.24) is 4.90 Å². The molecule has 34 heavy (non-hydrogen) atoms. The Kier molecular flexibility index (Phi) is 5.80. The molecule has 0 unspecified atom stereocenters. The van der Waals surface area contributed by atoms with E-state index in [9.17, 15) is 39.9 Å². The third-order valence-electron chi connectivity index (χ3n) is 6.39. The first-order chi connectivity index (χ1) is 15.7. The molecule has 0 spiro atoms. The van der Waals surface area contributed by atoms with Gasteiger partial charge < -0.3 is 9.80 Å². The molecule has 0 aromatic heterocycles. The number of anilines is 1. The van der Waals surface area contributed by atoms with Crippen LogP contribution in [-0.4, -0.2) is 42.9 Å². The first-order valence-corrected chi connectivity index (χ1v) is 10.5. The van der Waals surface area contributed by atoms with Gasteiger partial charge in [0.05, 0.1) is 17.0 Å². The Balaban J connectivity index is 1.43. The number of alkyl halides is 8. The predicted octanol–water partition coefficient (Wildman–Crippen LogP) is 5.73. The molecule has 2 atom stereocenters. The first-order valence-electron chi connectivity index (χ1n) is 10.5. The van der Waals surface area contributed by atoms with Gasteiger partial charge in [-0.15, -0.1) is 0 Å². The molecule has 2 aromatic carbocycles. The van der Waals surface area contributed by atoms with Crippen LogP contribution in [0.15, 0.2) is 42.5 Å². The summed E-state index contributed by atoms with van der Waals surface area (Å²) in [6, 6.07) is 6.71. The van der Waals surface area contributed by atoms with Crippen molar-refractivity contribution in [3.8, 4) is 0 Å². The van der Waals surface area contributed by atoms with Crippen LogP contribution < -0.4 is 4.90 Å². The number of halogens is 8. The second-order valence-corrected chi connectivity index (χ2v) is 8.56. The molecule has 184 valence electrons. The number of hydrogen-bond acceptors (Lipinski definition) is 2. The minimum absolute atomic E-state index is 0.0425. The second kappa shape index (κ2) is 8.13. The summed E-state index contributed by atoms with van der Waals surface area (Å²) in [5.74, 6) is -7.38. The normalized spacial score (nSPS) is 22.6. The lowest BCUT2D eigenvalue weighted by atomic mass is 10.1. The number of carbonyl (C=O) groups is 1. The molecule has 3 nitrogen and oxygen atoms in total. The van der Waals surface area contributed by atoms with Gasteiger partial charge >= 0.3 is 12.4 Å². The van der Waals surface area contributed by atoms with E-state index in [-0.39, 0.29) is 31.7 Å². The number of aryl methyl sites for hydroxylation is 1. The van der Waals surface area contributed by atoms with Gasteiger partial charge in [-0.2, -0.15) is 26.3 Å². The molecule has 1 amide bonds. The summed E-state index contributed by atoms with van der Waals surface area (Å²) in [7, 11) is 0. The van der Waals surface area contributed by atoms with E-state index < -0.39 is 47.1 Å². The maximum atomic E-state index is 14.5. The first kappa shape index (κ1) is 24.3. The van der Waals surface area contributed by atoms with Crippen molar-refractivity contribution < 1.29 is 39.9 Å². The quantitative estimate of drug-likeness (QED) is 0.511.